The lowest BCUT2D eigenvalue weighted by Crippen LogP contribution is -2.44. The molecule has 2 aliphatic heterocycles. The molecule has 0 aromatic heterocycles. The van der Waals surface area contributed by atoms with E-state index in [9.17, 15) is 9.59 Å². The van der Waals surface area contributed by atoms with Gasteiger partial charge in [0.2, 0.25) is 5.91 Å². The Morgan fingerprint density at radius 3 is 2.90 bits per heavy atom. The minimum absolute atomic E-state index is 0.127. The second kappa shape index (κ2) is 5.65. The zero-order chi connectivity index (χ0) is 14.8. The molecule has 110 valence electrons. The van der Waals surface area contributed by atoms with Crippen LogP contribution in [0.3, 0.4) is 0 Å². The van der Waals surface area contributed by atoms with Crippen LogP contribution in [-0.2, 0) is 16.1 Å². The van der Waals surface area contributed by atoms with Crippen molar-refractivity contribution in [3.63, 3.8) is 0 Å². The smallest absolute Gasteiger partial charge is 0.274 e. The van der Waals surface area contributed by atoms with Gasteiger partial charge in [-0.1, -0.05) is 18.2 Å². The summed E-state index contributed by atoms with van der Waals surface area (Å²) in [5.74, 6) is -0.268. The maximum atomic E-state index is 12.7. The molecule has 1 atom stereocenters. The molecule has 2 heterocycles. The number of carbonyl (C=O) groups is 2. The summed E-state index contributed by atoms with van der Waals surface area (Å²) in [5, 5.41) is 7.31. The Labute approximate surface area is 123 Å². The lowest BCUT2D eigenvalue weighted by molar-refractivity contribution is -0.121. The molecule has 6 heteroatoms. The van der Waals surface area contributed by atoms with E-state index in [1.165, 1.54) is 0 Å². The summed E-state index contributed by atoms with van der Waals surface area (Å²) in [5.41, 5.74) is 4.81. The summed E-state index contributed by atoms with van der Waals surface area (Å²) >= 11 is 0. The number of carbonyl (C=O) groups excluding carboxylic acids is 2. The van der Waals surface area contributed by atoms with Gasteiger partial charge >= 0.3 is 0 Å². The van der Waals surface area contributed by atoms with Crippen molar-refractivity contribution in [2.45, 2.75) is 32.4 Å². The standard InChI is InChI=1S/C15H18N4O2/c1-10-9-19(13-5-3-2-4-11(13)8-16-10)15(21)12-6-7-14(20)18-17-12/h2-5,10,16H,6-9H2,1H3,(H,18,20). The van der Waals surface area contributed by atoms with Gasteiger partial charge in [-0.25, -0.2) is 5.43 Å². The van der Waals surface area contributed by atoms with Gasteiger partial charge in [0.05, 0.1) is 0 Å². The predicted molar refractivity (Wildman–Crippen MR) is 79.9 cm³/mol. The van der Waals surface area contributed by atoms with Crippen LogP contribution in [0.15, 0.2) is 29.4 Å². The monoisotopic (exact) mass is 286 g/mol. The van der Waals surface area contributed by atoms with E-state index in [0.717, 1.165) is 17.8 Å². The molecule has 1 unspecified atom stereocenters. The number of anilines is 1. The first-order chi connectivity index (χ1) is 10.1. The van der Waals surface area contributed by atoms with Gasteiger partial charge < -0.3 is 10.2 Å². The molecule has 1 aromatic carbocycles. The van der Waals surface area contributed by atoms with Gasteiger partial charge in [0.15, 0.2) is 0 Å². The molecule has 1 aromatic rings. The number of amides is 2. The molecular weight excluding hydrogens is 268 g/mol. The fourth-order valence-electron chi connectivity index (χ4n) is 2.62. The number of hydrogen-bond donors (Lipinski definition) is 2. The van der Waals surface area contributed by atoms with Crippen LogP contribution in [0.1, 0.15) is 25.3 Å². The molecule has 2 amide bonds. The molecular formula is C15H18N4O2. The second-order valence-corrected chi connectivity index (χ2v) is 5.42. The zero-order valence-corrected chi connectivity index (χ0v) is 11.9. The van der Waals surface area contributed by atoms with E-state index in [4.69, 9.17) is 0 Å². The molecule has 0 saturated carbocycles. The number of benzene rings is 1. The molecule has 2 N–H and O–H groups in total. The highest BCUT2D eigenvalue weighted by molar-refractivity contribution is 6.44. The van der Waals surface area contributed by atoms with Gasteiger partial charge in [-0.3, -0.25) is 9.59 Å². The normalized spacial score (nSPS) is 22.0. The van der Waals surface area contributed by atoms with E-state index in [-0.39, 0.29) is 17.9 Å². The van der Waals surface area contributed by atoms with Crippen LogP contribution < -0.4 is 15.6 Å². The Morgan fingerprint density at radius 2 is 2.14 bits per heavy atom. The van der Waals surface area contributed by atoms with Crippen LogP contribution in [0.25, 0.3) is 0 Å². The first-order valence-corrected chi connectivity index (χ1v) is 7.13. The van der Waals surface area contributed by atoms with Gasteiger partial charge in [0.1, 0.15) is 5.71 Å². The predicted octanol–water partition coefficient (Wildman–Crippen LogP) is 0.777. The van der Waals surface area contributed by atoms with Gasteiger partial charge in [-0.2, -0.15) is 5.10 Å². The molecule has 0 aliphatic carbocycles. The number of nitrogens with one attached hydrogen (secondary N) is 2. The van der Waals surface area contributed by atoms with Crippen LogP contribution >= 0.6 is 0 Å². The molecule has 6 nitrogen and oxygen atoms in total. The van der Waals surface area contributed by atoms with Gasteiger partial charge in [-0.15, -0.1) is 0 Å². The van der Waals surface area contributed by atoms with Crippen LogP contribution in [-0.4, -0.2) is 30.1 Å². The highest BCUT2D eigenvalue weighted by Gasteiger charge is 2.28. The van der Waals surface area contributed by atoms with Crippen LogP contribution in [0.5, 0.6) is 0 Å². The van der Waals surface area contributed by atoms with Gasteiger partial charge in [0, 0.05) is 37.7 Å². The number of hydrogen-bond acceptors (Lipinski definition) is 4. The Morgan fingerprint density at radius 1 is 1.33 bits per heavy atom. The zero-order valence-electron chi connectivity index (χ0n) is 11.9. The maximum Gasteiger partial charge on any atom is 0.274 e. The van der Waals surface area contributed by atoms with Crippen molar-refractivity contribution in [3.8, 4) is 0 Å². The van der Waals surface area contributed by atoms with E-state index in [2.05, 4.69) is 22.8 Å². The average molecular weight is 286 g/mol. The number of para-hydroxylation sites is 1. The van der Waals surface area contributed by atoms with Crippen LogP contribution in [0, 0.1) is 0 Å². The first kappa shape index (κ1) is 13.8. The topological polar surface area (TPSA) is 73.8 Å². The lowest BCUT2D eigenvalue weighted by atomic mass is 10.1. The Kier molecular flexibility index (Phi) is 3.70. The fraction of sp³-hybridized carbons (Fsp3) is 0.400. The molecule has 21 heavy (non-hydrogen) atoms. The van der Waals surface area contributed by atoms with Crippen LogP contribution in [0.4, 0.5) is 5.69 Å². The summed E-state index contributed by atoms with van der Waals surface area (Å²) in [4.78, 5) is 25.7. The van der Waals surface area contributed by atoms with Crippen molar-refractivity contribution in [3.05, 3.63) is 29.8 Å². The molecule has 3 rings (SSSR count). The van der Waals surface area contributed by atoms with Gasteiger partial charge in [-0.05, 0) is 18.6 Å². The molecule has 0 fully saturated rings. The number of nitrogens with zero attached hydrogens (tertiary/aromatic N) is 2. The summed E-state index contributed by atoms with van der Waals surface area (Å²) < 4.78 is 0. The maximum absolute atomic E-state index is 12.7. The minimum atomic E-state index is -0.141. The summed E-state index contributed by atoms with van der Waals surface area (Å²) in [6.45, 7) is 3.38. The quantitative estimate of drug-likeness (QED) is 0.801. The van der Waals surface area contributed by atoms with Crippen molar-refractivity contribution in [1.82, 2.24) is 10.7 Å². The molecule has 2 aliphatic rings. The van der Waals surface area contributed by atoms with E-state index < -0.39 is 0 Å². The van der Waals surface area contributed by atoms with E-state index in [1.807, 2.05) is 24.3 Å². The third-order valence-corrected chi connectivity index (χ3v) is 3.78. The van der Waals surface area contributed by atoms with Crippen LogP contribution in [0.2, 0.25) is 0 Å². The SMILES string of the molecule is CC1CN(C(=O)C2=NNC(=O)CC2)c2ccccc2CN1. The Bertz CT molecular complexity index is 611. The summed E-state index contributed by atoms with van der Waals surface area (Å²) in [7, 11) is 0. The van der Waals surface area contributed by atoms with Gasteiger partial charge in [0.25, 0.3) is 5.91 Å². The van der Waals surface area contributed by atoms with E-state index >= 15 is 0 Å². The first-order valence-electron chi connectivity index (χ1n) is 7.13. The van der Waals surface area contributed by atoms with Crippen molar-refractivity contribution >= 4 is 23.2 Å². The highest BCUT2D eigenvalue weighted by Crippen LogP contribution is 2.24. The van der Waals surface area contributed by atoms with Crippen molar-refractivity contribution in [2.24, 2.45) is 5.10 Å². The number of hydrazone groups is 1. The van der Waals surface area contributed by atoms with Crippen molar-refractivity contribution in [2.75, 3.05) is 11.4 Å². The molecule has 0 saturated heterocycles. The number of rotatable bonds is 1. The lowest BCUT2D eigenvalue weighted by Gasteiger charge is -2.25. The third-order valence-electron chi connectivity index (χ3n) is 3.78. The molecule has 0 radical (unpaired) electrons. The fourth-order valence-corrected chi connectivity index (χ4v) is 2.62. The third kappa shape index (κ3) is 2.80. The number of fused-ring (bicyclic) bond motifs is 1. The summed E-state index contributed by atoms with van der Waals surface area (Å²) in [6, 6.07) is 8.07. The highest BCUT2D eigenvalue weighted by atomic mass is 16.2. The largest absolute Gasteiger partial charge is 0.308 e. The second-order valence-electron chi connectivity index (χ2n) is 5.42. The van der Waals surface area contributed by atoms with E-state index in [0.29, 0.717) is 25.1 Å². The summed E-state index contributed by atoms with van der Waals surface area (Å²) in [6.07, 6.45) is 0.707. The molecule has 0 spiro atoms. The Hall–Kier alpha value is -2.21. The van der Waals surface area contributed by atoms with E-state index in [1.54, 1.807) is 4.90 Å². The average Bonchev–Trinajstić information content (AvgIpc) is 2.67. The van der Waals surface area contributed by atoms with Crippen molar-refractivity contribution in [1.29, 1.82) is 0 Å². The Balaban J connectivity index is 1.92. The molecule has 0 bridgehead atoms. The minimum Gasteiger partial charge on any atom is -0.308 e. The van der Waals surface area contributed by atoms with Crippen molar-refractivity contribution < 1.29 is 9.59 Å².